The van der Waals surface area contributed by atoms with Gasteiger partial charge in [-0.15, -0.1) is 5.10 Å². The summed E-state index contributed by atoms with van der Waals surface area (Å²) in [6.45, 7) is 8.03. The molecule has 1 aromatic heterocycles. The molecule has 1 aliphatic rings. The summed E-state index contributed by atoms with van der Waals surface area (Å²) in [4.78, 5) is 25.6. The number of nitrogens with zero attached hydrogens (tertiary/aromatic N) is 3. The molecular formula is C26H30N4O2. The molecular weight excluding hydrogens is 400 g/mol. The molecule has 6 nitrogen and oxygen atoms in total. The fraction of sp³-hybridized carbons (Fsp3) is 0.385. The average Bonchev–Trinajstić information content (AvgIpc) is 3.19. The van der Waals surface area contributed by atoms with E-state index in [2.05, 4.69) is 41.6 Å². The first kappa shape index (κ1) is 21.9. The van der Waals surface area contributed by atoms with Gasteiger partial charge in [-0.05, 0) is 45.2 Å². The maximum absolute atomic E-state index is 13.4. The zero-order valence-electron chi connectivity index (χ0n) is 19.1. The minimum absolute atomic E-state index is 0.0635. The molecule has 4 rings (SSSR count). The highest BCUT2D eigenvalue weighted by molar-refractivity contribution is 5.93. The van der Waals surface area contributed by atoms with Crippen LogP contribution in [0.4, 0.5) is 0 Å². The van der Waals surface area contributed by atoms with Crippen molar-refractivity contribution in [2.45, 2.75) is 65.0 Å². The Hall–Kier alpha value is -3.28. The van der Waals surface area contributed by atoms with E-state index in [1.807, 2.05) is 54.9 Å². The molecule has 0 bridgehead atoms. The lowest BCUT2D eigenvalue weighted by molar-refractivity contribution is -0.126. The van der Waals surface area contributed by atoms with Crippen molar-refractivity contribution in [3.63, 3.8) is 0 Å². The number of carbonyl (C=O) groups excluding carboxylic acids is 2. The van der Waals surface area contributed by atoms with E-state index >= 15 is 0 Å². The van der Waals surface area contributed by atoms with E-state index in [1.165, 1.54) is 0 Å². The van der Waals surface area contributed by atoms with E-state index in [0.717, 1.165) is 33.6 Å². The van der Waals surface area contributed by atoms with Gasteiger partial charge in [-0.2, -0.15) is 0 Å². The van der Waals surface area contributed by atoms with E-state index in [-0.39, 0.29) is 42.5 Å². The van der Waals surface area contributed by atoms with Crippen LogP contribution in [0.1, 0.15) is 63.6 Å². The van der Waals surface area contributed by atoms with E-state index in [0.29, 0.717) is 6.42 Å². The topological polar surface area (TPSA) is 76.9 Å². The minimum Gasteiger partial charge on any atom is -0.354 e. The molecule has 0 saturated carbocycles. The number of aromatic nitrogens is 3. The summed E-state index contributed by atoms with van der Waals surface area (Å²) in [5, 5.41) is 11.9. The molecule has 6 heteroatoms. The quantitative estimate of drug-likeness (QED) is 0.615. The predicted octanol–water partition coefficient (Wildman–Crippen LogP) is 4.71. The second kappa shape index (κ2) is 9.07. The SMILES string of the molecule is CC(C)NC(=O)CCC(=O)C1Cc2ccccc2-c2c(nnn2C(C)C)-c2ccccc21. The maximum Gasteiger partial charge on any atom is 0.220 e. The Labute approximate surface area is 189 Å². The van der Waals surface area contributed by atoms with Crippen LogP contribution in [0.5, 0.6) is 0 Å². The van der Waals surface area contributed by atoms with Crippen molar-refractivity contribution in [1.82, 2.24) is 20.3 Å². The molecule has 1 unspecified atom stereocenters. The molecule has 0 saturated heterocycles. The molecule has 3 aromatic rings. The van der Waals surface area contributed by atoms with Crippen molar-refractivity contribution in [2.24, 2.45) is 0 Å². The van der Waals surface area contributed by atoms with Crippen LogP contribution in [-0.2, 0) is 16.0 Å². The van der Waals surface area contributed by atoms with Crippen LogP contribution in [-0.4, -0.2) is 32.7 Å². The van der Waals surface area contributed by atoms with E-state index in [1.54, 1.807) is 0 Å². The Morgan fingerprint density at radius 2 is 1.69 bits per heavy atom. The summed E-state index contributed by atoms with van der Waals surface area (Å²) in [7, 11) is 0. The van der Waals surface area contributed by atoms with Crippen molar-refractivity contribution in [1.29, 1.82) is 0 Å². The lowest BCUT2D eigenvalue weighted by Gasteiger charge is -2.24. The molecule has 166 valence electrons. The highest BCUT2D eigenvalue weighted by Gasteiger charge is 2.31. The number of hydrogen-bond acceptors (Lipinski definition) is 4. The molecule has 1 amide bonds. The number of nitrogens with one attached hydrogen (secondary N) is 1. The number of carbonyl (C=O) groups is 2. The number of ketones is 1. The number of fused-ring (bicyclic) bond motifs is 5. The molecule has 2 aromatic carbocycles. The molecule has 0 aliphatic heterocycles. The fourth-order valence-electron chi connectivity index (χ4n) is 4.46. The van der Waals surface area contributed by atoms with Gasteiger partial charge in [0.1, 0.15) is 11.5 Å². The van der Waals surface area contributed by atoms with E-state index in [4.69, 9.17) is 0 Å². The first-order chi connectivity index (χ1) is 15.4. The summed E-state index contributed by atoms with van der Waals surface area (Å²) < 4.78 is 1.96. The minimum atomic E-state index is -0.337. The van der Waals surface area contributed by atoms with Gasteiger partial charge in [-0.25, -0.2) is 4.68 Å². The molecule has 32 heavy (non-hydrogen) atoms. The summed E-state index contributed by atoms with van der Waals surface area (Å²) in [5.74, 6) is -0.350. The Morgan fingerprint density at radius 3 is 2.41 bits per heavy atom. The van der Waals surface area contributed by atoms with Crippen LogP contribution in [0, 0.1) is 0 Å². The van der Waals surface area contributed by atoms with Crippen LogP contribution in [0.3, 0.4) is 0 Å². The van der Waals surface area contributed by atoms with Gasteiger partial charge in [0.25, 0.3) is 0 Å². The van der Waals surface area contributed by atoms with Crippen molar-refractivity contribution in [3.05, 3.63) is 59.7 Å². The Kier molecular flexibility index (Phi) is 6.21. The zero-order chi connectivity index (χ0) is 22.8. The molecule has 1 heterocycles. The second-order valence-corrected chi connectivity index (χ2v) is 9.01. The Morgan fingerprint density at radius 1 is 1.00 bits per heavy atom. The van der Waals surface area contributed by atoms with Gasteiger partial charge in [-0.1, -0.05) is 53.7 Å². The van der Waals surface area contributed by atoms with Gasteiger partial charge >= 0.3 is 0 Å². The number of benzene rings is 2. The predicted molar refractivity (Wildman–Crippen MR) is 125 cm³/mol. The average molecular weight is 431 g/mol. The summed E-state index contributed by atoms with van der Waals surface area (Å²) >= 11 is 0. The summed E-state index contributed by atoms with van der Waals surface area (Å²) in [6, 6.07) is 16.4. The highest BCUT2D eigenvalue weighted by Crippen LogP contribution is 2.42. The number of amides is 1. The van der Waals surface area contributed by atoms with Crippen LogP contribution in [0.2, 0.25) is 0 Å². The van der Waals surface area contributed by atoms with Crippen LogP contribution in [0.25, 0.3) is 22.5 Å². The van der Waals surface area contributed by atoms with Crippen molar-refractivity contribution < 1.29 is 9.59 Å². The second-order valence-electron chi connectivity index (χ2n) is 9.01. The highest BCUT2D eigenvalue weighted by atomic mass is 16.2. The summed E-state index contributed by atoms with van der Waals surface area (Å²) in [6.07, 6.45) is 0.998. The van der Waals surface area contributed by atoms with Gasteiger partial charge in [0.15, 0.2) is 0 Å². The van der Waals surface area contributed by atoms with E-state index in [9.17, 15) is 9.59 Å². The molecule has 1 N–H and O–H groups in total. The number of rotatable bonds is 6. The molecule has 0 spiro atoms. The first-order valence-electron chi connectivity index (χ1n) is 11.3. The maximum atomic E-state index is 13.4. The third kappa shape index (κ3) is 4.22. The molecule has 1 aliphatic carbocycles. The van der Waals surface area contributed by atoms with Gasteiger partial charge in [0.2, 0.25) is 5.91 Å². The molecule has 0 radical (unpaired) electrons. The van der Waals surface area contributed by atoms with Gasteiger partial charge < -0.3 is 5.32 Å². The lowest BCUT2D eigenvalue weighted by Crippen LogP contribution is -2.30. The van der Waals surface area contributed by atoms with Crippen molar-refractivity contribution >= 4 is 11.7 Å². The Balaban J connectivity index is 1.80. The standard InChI is InChI=1S/C26H30N4O2/c1-16(2)27-24(32)14-13-23(31)22-15-18-9-5-6-10-19(18)26-25(28-29-30(26)17(3)4)21-12-8-7-11-20(21)22/h5-12,16-17,22H,13-15H2,1-4H3,(H,27,32). The molecule has 1 atom stereocenters. The van der Waals surface area contributed by atoms with E-state index < -0.39 is 0 Å². The van der Waals surface area contributed by atoms with Gasteiger partial charge in [-0.3, -0.25) is 9.59 Å². The summed E-state index contributed by atoms with van der Waals surface area (Å²) in [5.41, 5.74) is 5.84. The van der Waals surface area contributed by atoms with Crippen molar-refractivity contribution in [2.75, 3.05) is 0 Å². The largest absolute Gasteiger partial charge is 0.354 e. The van der Waals surface area contributed by atoms with Crippen molar-refractivity contribution in [3.8, 4) is 22.5 Å². The first-order valence-corrected chi connectivity index (χ1v) is 11.3. The number of hydrogen-bond donors (Lipinski definition) is 1. The third-order valence-corrected chi connectivity index (χ3v) is 5.91. The van der Waals surface area contributed by atoms with Crippen LogP contribution < -0.4 is 5.32 Å². The van der Waals surface area contributed by atoms with Crippen LogP contribution in [0.15, 0.2) is 48.5 Å². The van der Waals surface area contributed by atoms with Gasteiger partial charge in [0.05, 0.1) is 5.69 Å². The molecule has 0 fully saturated rings. The normalized spacial score (nSPS) is 14.9. The number of Topliss-reactive ketones (excluding diaryl/α,β-unsaturated/α-hetero) is 1. The smallest absolute Gasteiger partial charge is 0.220 e. The zero-order valence-corrected chi connectivity index (χ0v) is 19.1. The van der Waals surface area contributed by atoms with Gasteiger partial charge in [0, 0.05) is 42.0 Å². The third-order valence-electron chi connectivity index (χ3n) is 5.91. The monoisotopic (exact) mass is 430 g/mol. The van der Waals surface area contributed by atoms with Crippen LogP contribution >= 0.6 is 0 Å². The fourth-order valence-corrected chi connectivity index (χ4v) is 4.46. The lowest BCUT2D eigenvalue weighted by atomic mass is 9.79. The Bertz CT molecular complexity index is 1150.